The first kappa shape index (κ1) is 17.7. The Bertz CT molecular complexity index is 1040. The number of rotatable bonds is 4. The largest absolute Gasteiger partial charge is 0.350 e. The van der Waals surface area contributed by atoms with Crippen LogP contribution in [-0.4, -0.2) is 33.0 Å². The predicted molar refractivity (Wildman–Crippen MR) is 106 cm³/mol. The lowest BCUT2D eigenvalue weighted by Crippen LogP contribution is -2.43. The minimum atomic E-state index is -0.265. The first-order valence-corrected chi connectivity index (χ1v) is 9.78. The third kappa shape index (κ3) is 3.32. The van der Waals surface area contributed by atoms with E-state index in [0.29, 0.717) is 27.8 Å². The molecule has 1 aliphatic heterocycles. The predicted octanol–water partition coefficient (Wildman–Crippen LogP) is 1.98. The molecule has 4 rings (SSSR count). The summed E-state index contributed by atoms with van der Waals surface area (Å²) in [5, 5.41) is 3.71. The molecule has 1 atom stereocenters. The number of nitrogens with one attached hydrogen (secondary N) is 1. The fourth-order valence-electron chi connectivity index (χ4n) is 3.34. The van der Waals surface area contributed by atoms with Crippen LogP contribution in [0.3, 0.4) is 0 Å². The Morgan fingerprint density at radius 1 is 1.30 bits per heavy atom. The minimum Gasteiger partial charge on any atom is -0.350 e. The Labute approximate surface area is 160 Å². The molecule has 8 heteroatoms. The number of amides is 1. The molecule has 1 aromatic carbocycles. The Morgan fingerprint density at radius 3 is 2.85 bits per heavy atom. The van der Waals surface area contributed by atoms with E-state index in [1.807, 2.05) is 35.2 Å². The van der Waals surface area contributed by atoms with Crippen molar-refractivity contribution in [3.8, 4) is 0 Å². The summed E-state index contributed by atoms with van der Waals surface area (Å²) in [6.07, 6.45) is 1.70. The van der Waals surface area contributed by atoms with Crippen LogP contribution in [0.1, 0.15) is 24.2 Å². The third-order valence-corrected chi connectivity index (χ3v) is 6.03. The smallest absolute Gasteiger partial charge is 0.273 e. The Kier molecular flexibility index (Phi) is 4.65. The monoisotopic (exact) mass is 383 g/mol. The maximum atomic E-state index is 12.7. The molecule has 3 aromatic rings. The minimum absolute atomic E-state index is 0.00680. The summed E-state index contributed by atoms with van der Waals surface area (Å²) in [4.78, 5) is 36.1. The van der Waals surface area contributed by atoms with Crippen molar-refractivity contribution in [2.45, 2.75) is 32.4 Å². The lowest BCUT2D eigenvalue weighted by Gasteiger charge is -2.23. The van der Waals surface area contributed by atoms with Crippen molar-refractivity contribution in [3.05, 3.63) is 52.1 Å². The van der Waals surface area contributed by atoms with Crippen molar-refractivity contribution >= 4 is 32.7 Å². The maximum absolute atomic E-state index is 12.7. The molecule has 0 unspecified atom stereocenters. The standard InChI is InChI=1S/C19H21N5O2S/c1-12-21-16-15(18(26)23(12)2)27-19(22-16)24-10-6-9-14(24)17(25)20-11-13-7-4-3-5-8-13/h3-5,7-8,14H,6,9-11H2,1-2H3,(H,20,25)/t14-/m1/s1. The fourth-order valence-corrected chi connectivity index (χ4v) is 4.39. The van der Waals surface area contributed by atoms with Gasteiger partial charge < -0.3 is 10.2 Å². The molecule has 7 nitrogen and oxygen atoms in total. The Balaban J connectivity index is 1.56. The highest BCUT2D eigenvalue weighted by molar-refractivity contribution is 7.22. The molecule has 1 fully saturated rings. The molecule has 0 aliphatic carbocycles. The second-order valence-corrected chi connectivity index (χ2v) is 7.70. The second kappa shape index (κ2) is 7.11. The molecule has 1 amide bonds. The average Bonchev–Trinajstić information content (AvgIpc) is 3.32. The van der Waals surface area contributed by atoms with Gasteiger partial charge in [-0.15, -0.1) is 0 Å². The van der Waals surface area contributed by atoms with Gasteiger partial charge in [-0.1, -0.05) is 41.7 Å². The zero-order valence-corrected chi connectivity index (χ0v) is 16.1. The zero-order valence-electron chi connectivity index (χ0n) is 15.3. The van der Waals surface area contributed by atoms with Crippen LogP contribution < -0.4 is 15.8 Å². The first-order chi connectivity index (χ1) is 13.0. The highest BCUT2D eigenvalue weighted by atomic mass is 32.1. The summed E-state index contributed by atoms with van der Waals surface area (Å²) in [5.74, 6) is 0.621. The van der Waals surface area contributed by atoms with E-state index in [4.69, 9.17) is 0 Å². The summed E-state index contributed by atoms with van der Waals surface area (Å²) in [6.45, 7) is 3.04. The SMILES string of the molecule is Cc1nc2nc(N3CCC[C@@H]3C(=O)NCc3ccccc3)sc2c(=O)n1C. The van der Waals surface area contributed by atoms with Crippen molar-refractivity contribution in [1.82, 2.24) is 19.9 Å². The highest BCUT2D eigenvalue weighted by Crippen LogP contribution is 2.31. The normalized spacial score (nSPS) is 16.8. The quantitative estimate of drug-likeness (QED) is 0.745. The number of hydrogen-bond donors (Lipinski definition) is 1. The van der Waals surface area contributed by atoms with Crippen molar-refractivity contribution < 1.29 is 4.79 Å². The average molecular weight is 383 g/mol. The number of aryl methyl sites for hydroxylation is 1. The summed E-state index contributed by atoms with van der Waals surface area (Å²) < 4.78 is 2.06. The molecule has 0 saturated carbocycles. The maximum Gasteiger partial charge on any atom is 0.273 e. The molecular weight excluding hydrogens is 362 g/mol. The van der Waals surface area contributed by atoms with Crippen molar-refractivity contribution in [3.63, 3.8) is 0 Å². The Morgan fingerprint density at radius 2 is 2.07 bits per heavy atom. The van der Waals surface area contributed by atoms with E-state index < -0.39 is 0 Å². The first-order valence-electron chi connectivity index (χ1n) is 8.97. The lowest BCUT2D eigenvalue weighted by molar-refractivity contribution is -0.122. The molecule has 27 heavy (non-hydrogen) atoms. The number of thiazole rings is 1. The van der Waals surface area contributed by atoms with Gasteiger partial charge in [0, 0.05) is 20.1 Å². The van der Waals surface area contributed by atoms with E-state index in [9.17, 15) is 9.59 Å². The molecular formula is C19H21N5O2S. The number of aromatic nitrogens is 3. The van der Waals surface area contributed by atoms with Crippen molar-refractivity contribution in [2.75, 3.05) is 11.4 Å². The van der Waals surface area contributed by atoms with Gasteiger partial charge in [-0.25, -0.2) is 4.98 Å². The van der Waals surface area contributed by atoms with Crippen LogP contribution in [0.15, 0.2) is 35.1 Å². The molecule has 0 bridgehead atoms. The number of benzene rings is 1. The van der Waals surface area contributed by atoms with E-state index in [0.717, 1.165) is 24.9 Å². The van der Waals surface area contributed by atoms with Gasteiger partial charge >= 0.3 is 0 Å². The van der Waals surface area contributed by atoms with Gasteiger partial charge in [-0.2, -0.15) is 4.98 Å². The number of carbonyl (C=O) groups is 1. The van der Waals surface area contributed by atoms with Crippen LogP contribution >= 0.6 is 11.3 Å². The molecule has 1 N–H and O–H groups in total. The summed E-state index contributed by atoms with van der Waals surface area (Å²) in [5.41, 5.74) is 1.44. The van der Waals surface area contributed by atoms with Gasteiger partial charge in [-0.05, 0) is 25.3 Å². The lowest BCUT2D eigenvalue weighted by atomic mass is 10.2. The summed E-state index contributed by atoms with van der Waals surface area (Å²) in [6, 6.07) is 9.59. The van der Waals surface area contributed by atoms with E-state index >= 15 is 0 Å². The number of hydrogen-bond acceptors (Lipinski definition) is 6. The topological polar surface area (TPSA) is 80.1 Å². The second-order valence-electron chi connectivity index (χ2n) is 6.73. The molecule has 0 radical (unpaired) electrons. The molecule has 1 saturated heterocycles. The van der Waals surface area contributed by atoms with E-state index in [1.54, 1.807) is 14.0 Å². The molecule has 2 aromatic heterocycles. The molecule has 0 spiro atoms. The van der Waals surface area contributed by atoms with Gasteiger partial charge in [0.05, 0.1) is 0 Å². The van der Waals surface area contributed by atoms with Crippen LogP contribution in [0.5, 0.6) is 0 Å². The van der Waals surface area contributed by atoms with Crippen LogP contribution in [0.25, 0.3) is 10.3 Å². The Hall–Kier alpha value is -2.74. The van der Waals surface area contributed by atoms with Crippen LogP contribution in [-0.2, 0) is 18.4 Å². The van der Waals surface area contributed by atoms with E-state index in [1.165, 1.54) is 15.9 Å². The number of carbonyl (C=O) groups excluding carboxylic acids is 1. The van der Waals surface area contributed by atoms with Gasteiger partial charge in [0.1, 0.15) is 16.6 Å². The van der Waals surface area contributed by atoms with E-state index in [-0.39, 0.29) is 17.5 Å². The zero-order chi connectivity index (χ0) is 19.0. The molecule has 3 heterocycles. The van der Waals surface area contributed by atoms with Gasteiger partial charge in [0.2, 0.25) is 5.91 Å². The van der Waals surface area contributed by atoms with Gasteiger partial charge in [0.25, 0.3) is 5.56 Å². The highest BCUT2D eigenvalue weighted by Gasteiger charge is 2.33. The summed E-state index contributed by atoms with van der Waals surface area (Å²) >= 11 is 1.32. The van der Waals surface area contributed by atoms with Crippen molar-refractivity contribution in [1.29, 1.82) is 0 Å². The van der Waals surface area contributed by atoms with Crippen molar-refractivity contribution in [2.24, 2.45) is 7.05 Å². The third-order valence-electron chi connectivity index (χ3n) is 4.96. The van der Waals surface area contributed by atoms with Crippen LogP contribution in [0, 0.1) is 6.92 Å². The van der Waals surface area contributed by atoms with Gasteiger partial charge in [0.15, 0.2) is 10.8 Å². The molecule has 140 valence electrons. The summed E-state index contributed by atoms with van der Waals surface area (Å²) in [7, 11) is 1.71. The van der Waals surface area contributed by atoms with E-state index in [2.05, 4.69) is 15.3 Å². The van der Waals surface area contributed by atoms with Crippen LogP contribution in [0.2, 0.25) is 0 Å². The molecule has 1 aliphatic rings. The fraction of sp³-hybridized carbons (Fsp3) is 0.368. The number of anilines is 1. The van der Waals surface area contributed by atoms with Gasteiger partial charge in [-0.3, -0.25) is 14.2 Å². The number of nitrogens with zero attached hydrogens (tertiary/aromatic N) is 4. The number of fused-ring (bicyclic) bond motifs is 1. The van der Waals surface area contributed by atoms with Crippen LogP contribution in [0.4, 0.5) is 5.13 Å².